The van der Waals surface area contributed by atoms with E-state index in [2.05, 4.69) is 15.2 Å². The van der Waals surface area contributed by atoms with Crippen molar-refractivity contribution in [3.8, 4) is 11.5 Å². The second-order valence-corrected chi connectivity index (χ2v) is 6.49. The minimum Gasteiger partial charge on any atom is -0.493 e. The maximum absolute atomic E-state index is 5.93. The number of aliphatic imine (C=N–C) groups is 1. The lowest BCUT2D eigenvalue weighted by molar-refractivity contribution is 0.00989. The Balaban J connectivity index is 0.00000392. The smallest absolute Gasteiger partial charge is 0.193 e. The number of rotatable bonds is 9. The number of ether oxygens (including phenoxy) is 4. The number of nitrogens with zero attached hydrogens (tertiary/aromatic N) is 2. The summed E-state index contributed by atoms with van der Waals surface area (Å²) >= 11 is 0. The molecule has 0 atom stereocenters. The second kappa shape index (κ2) is 13.8. The number of methoxy groups -OCH3 is 3. The molecule has 8 heteroatoms. The lowest BCUT2D eigenvalue weighted by Gasteiger charge is -2.34. The number of guanidine groups is 1. The van der Waals surface area contributed by atoms with Crippen LogP contribution in [0.25, 0.3) is 0 Å². The summed E-state index contributed by atoms with van der Waals surface area (Å²) in [6.07, 6.45) is 3.32. The number of piperidine rings is 1. The van der Waals surface area contributed by atoms with Gasteiger partial charge >= 0.3 is 0 Å². The van der Waals surface area contributed by atoms with Crippen molar-refractivity contribution >= 4 is 29.9 Å². The van der Waals surface area contributed by atoms with Crippen molar-refractivity contribution in [2.75, 3.05) is 54.7 Å². The molecule has 0 amide bonds. The summed E-state index contributed by atoms with van der Waals surface area (Å²) in [6.45, 7) is 4.10. The van der Waals surface area contributed by atoms with Gasteiger partial charge in [-0.3, -0.25) is 4.99 Å². The molecule has 1 aliphatic rings. The molecule has 2 rings (SSSR count). The van der Waals surface area contributed by atoms with E-state index in [0.29, 0.717) is 12.6 Å². The van der Waals surface area contributed by atoms with E-state index in [0.717, 1.165) is 68.6 Å². The van der Waals surface area contributed by atoms with Gasteiger partial charge in [0.25, 0.3) is 0 Å². The number of benzene rings is 1. The quantitative estimate of drug-likeness (QED) is 0.240. The van der Waals surface area contributed by atoms with Gasteiger partial charge < -0.3 is 29.2 Å². The van der Waals surface area contributed by atoms with Crippen LogP contribution in [0, 0.1) is 0 Å². The van der Waals surface area contributed by atoms with Crippen molar-refractivity contribution in [3.05, 3.63) is 23.8 Å². The molecular formula is C20H34IN3O4. The van der Waals surface area contributed by atoms with Crippen LogP contribution in [-0.2, 0) is 16.0 Å². The second-order valence-electron chi connectivity index (χ2n) is 6.49. The zero-order valence-electron chi connectivity index (χ0n) is 17.4. The van der Waals surface area contributed by atoms with Crippen LogP contribution in [0.3, 0.4) is 0 Å². The Kier molecular flexibility index (Phi) is 12.2. The molecule has 0 saturated carbocycles. The van der Waals surface area contributed by atoms with Crippen molar-refractivity contribution in [3.63, 3.8) is 0 Å². The zero-order valence-corrected chi connectivity index (χ0v) is 19.7. The molecular weight excluding hydrogens is 473 g/mol. The minimum atomic E-state index is 0. The molecule has 0 spiro atoms. The van der Waals surface area contributed by atoms with E-state index in [4.69, 9.17) is 18.9 Å². The van der Waals surface area contributed by atoms with Gasteiger partial charge in [-0.15, -0.1) is 24.0 Å². The summed E-state index contributed by atoms with van der Waals surface area (Å²) < 4.78 is 21.6. The fraction of sp³-hybridized carbons (Fsp3) is 0.650. The maximum Gasteiger partial charge on any atom is 0.193 e. The van der Waals surface area contributed by atoms with Crippen LogP contribution in [0.1, 0.15) is 24.8 Å². The minimum absolute atomic E-state index is 0. The van der Waals surface area contributed by atoms with Crippen LogP contribution < -0.4 is 14.8 Å². The van der Waals surface area contributed by atoms with Crippen LogP contribution >= 0.6 is 24.0 Å². The summed E-state index contributed by atoms with van der Waals surface area (Å²) in [5.41, 5.74) is 1.12. The van der Waals surface area contributed by atoms with E-state index in [1.165, 1.54) is 0 Å². The molecule has 1 aromatic rings. The molecule has 0 aromatic heterocycles. The van der Waals surface area contributed by atoms with Gasteiger partial charge in [-0.1, -0.05) is 6.07 Å². The van der Waals surface area contributed by atoms with Crippen LogP contribution in [-0.4, -0.2) is 71.6 Å². The Hall–Kier alpha value is -1.26. The Morgan fingerprint density at radius 3 is 2.43 bits per heavy atom. The molecule has 160 valence electrons. The predicted octanol–water partition coefficient (Wildman–Crippen LogP) is 2.91. The normalized spacial score (nSPS) is 15.1. The SMILES string of the molecule is CN=C(NCc1ccc(OC)c(OC)c1)N1CCC(OCCCOC)CC1.I. The lowest BCUT2D eigenvalue weighted by Crippen LogP contribution is -2.46. The number of hydrogen-bond donors (Lipinski definition) is 1. The molecule has 7 nitrogen and oxygen atoms in total. The molecule has 28 heavy (non-hydrogen) atoms. The lowest BCUT2D eigenvalue weighted by atomic mass is 10.1. The molecule has 0 radical (unpaired) electrons. The molecule has 1 fully saturated rings. The van der Waals surface area contributed by atoms with Crippen molar-refractivity contribution in [1.82, 2.24) is 10.2 Å². The van der Waals surface area contributed by atoms with Crippen molar-refractivity contribution in [2.45, 2.75) is 31.9 Å². The Labute approximate surface area is 185 Å². The highest BCUT2D eigenvalue weighted by Crippen LogP contribution is 2.27. The number of nitrogens with one attached hydrogen (secondary N) is 1. The van der Waals surface area contributed by atoms with Crippen LogP contribution in [0.15, 0.2) is 23.2 Å². The van der Waals surface area contributed by atoms with E-state index in [1.54, 1.807) is 21.3 Å². The predicted molar refractivity (Wildman–Crippen MR) is 122 cm³/mol. The monoisotopic (exact) mass is 507 g/mol. The Morgan fingerprint density at radius 2 is 1.82 bits per heavy atom. The van der Waals surface area contributed by atoms with E-state index in [9.17, 15) is 0 Å². The van der Waals surface area contributed by atoms with Crippen LogP contribution in [0.2, 0.25) is 0 Å². The zero-order chi connectivity index (χ0) is 19.5. The van der Waals surface area contributed by atoms with E-state index < -0.39 is 0 Å². The molecule has 1 saturated heterocycles. The van der Waals surface area contributed by atoms with Gasteiger partial charge in [0.15, 0.2) is 17.5 Å². The van der Waals surface area contributed by atoms with Crippen LogP contribution in [0.5, 0.6) is 11.5 Å². The topological polar surface area (TPSA) is 64.6 Å². The Morgan fingerprint density at radius 1 is 1.11 bits per heavy atom. The van der Waals surface area contributed by atoms with Crippen molar-refractivity contribution in [2.24, 2.45) is 4.99 Å². The third kappa shape index (κ3) is 7.63. The van der Waals surface area contributed by atoms with Gasteiger partial charge in [0.1, 0.15) is 0 Å². The molecule has 1 heterocycles. The molecule has 0 unspecified atom stereocenters. The summed E-state index contributed by atoms with van der Waals surface area (Å²) in [6, 6.07) is 5.94. The molecule has 1 aromatic carbocycles. The first kappa shape index (κ1) is 24.8. The van der Waals surface area contributed by atoms with Crippen molar-refractivity contribution < 1.29 is 18.9 Å². The first-order valence-electron chi connectivity index (χ1n) is 9.48. The summed E-state index contributed by atoms with van der Waals surface area (Å²) in [5.74, 6) is 2.39. The fourth-order valence-corrected chi connectivity index (χ4v) is 3.19. The van der Waals surface area contributed by atoms with Gasteiger partial charge in [0, 0.05) is 47.0 Å². The molecule has 0 aliphatic carbocycles. The van der Waals surface area contributed by atoms with Gasteiger partial charge in [0.05, 0.1) is 20.3 Å². The Bertz CT molecular complexity index is 593. The summed E-state index contributed by atoms with van der Waals surface area (Å²) in [7, 11) is 6.83. The fourth-order valence-electron chi connectivity index (χ4n) is 3.19. The highest BCUT2D eigenvalue weighted by molar-refractivity contribution is 14.0. The van der Waals surface area contributed by atoms with Gasteiger partial charge in [-0.2, -0.15) is 0 Å². The number of halogens is 1. The van der Waals surface area contributed by atoms with Gasteiger partial charge in [0.2, 0.25) is 0 Å². The number of hydrogen-bond acceptors (Lipinski definition) is 5. The average Bonchev–Trinajstić information content (AvgIpc) is 2.72. The highest BCUT2D eigenvalue weighted by Gasteiger charge is 2.21. The highest BCUT2D eigenvalue weighted by atomic mass is 127. The number of likely N-dealkylation sites (tertiary alicyclic amines) is 1. The standard InChI is InChI=1S/C20H33N3O4.HI/c1-21-20(22-15-16-6-7-18(25-3)19(14-16)26-4)23-10-8-17(9-11-23)27-13-5-12-24-2;/h6-7,14,17H,5,8-13,15H2,1-4H3,(H,21,22);1H. The van der Waals surface area contributed by atoms with Gasteiger partial charge in [-0.25, -0.2) is 0 Å². The van der Waals surface area contributed by atoms with E-state index >= 15 is 0 Å². The first-order valence-corrected chi connectivity index (χ1v) is 9.48. The third-order valence-electron chi connectivity index (χ3n) is 4.70. The van der Waals surface area contributed by atoms with Gasteiger partial charge in [-0.05, 0) is 37.0 Å². The molecule has 0 bridgehead atoms. The summed E-state index contributed by atoms with van der Waals surface area (Å²) in [5, 5.41) is 3.44. The average molecular weight is 507 g/mol. The van der Waals surface area contributed by atoms with E-state index in [1.807, 2.05) is 25.2 Å². The van der Waals surface area contributed by atoms with E-state index in [-0.39, 0.29) is 24.0 Å². The summed E-state index contributed by atoms with van der Waals surface area (Å²) in [4.78, 5) is 6.72. The van der Waals surface area contributed by atoms with Crippen LogP contribution in [0.4, 0.5) is 0 Å². The first-order chi connectivity index (χ1) is 13.2. The molecule has 1 aliphatic heterocycles. The largest absolute Gasteiger partial charge is 0.493 e. The maximum atomic E-state index is 5.93. The third-order valence-corrected chi connectivity index (χ3v) is 4.70. The molecule has 1 N–H and O–H groups in total. The van der Waals surface area contributed by atoms with Crippen molar-refractivity contribution in [1.29, 1.82) is 0 Å².